The molecule has 2 heteroatoms. The summed E-state index contributed by atoms with van der Waals surface area (Å²) in [7, 11) is 0. The van der Waals surface area contributed by atoms with Crippen molar-refractivity contribution in [1.29, 1.82) is 0 Å². The van der Waals surface area contributed by atoms with Crippen LogP contribution in [0.5, 0.6) is 0 Å². The van der Waals surface area contributed by atoms with Crippen LogP contribution in [-0.4, -0.2) is 0 Å². The van der Waals surface area contributed by atoms with Crippen LogP contribution in [-0.2, 0) is 19.3 Å². The predicted octanol–water partition coefficient (Wildman–Crippen LogP) is 4.94. The summed E-state index contributed by atoms with van der Waals surface area (Å²) < 4.78 is 0. The molecule has 2 aromatic heterocycles. The van der Waals surface area contributed by atoms with Crippen LogP contribution >= 0.6 is 22.7 Å². The molecule has 0 fully saturated rings. The van der Waals surface area contributed by atoms with Crippen molar-refractivity contribution in [3.05, 3.63) is 49.9 Å². The normalized spacial score (nSPS) is 17.9. The molecule has 0 spiro atoms. The Hall–Kier alpha value is -0.860. The molecule has 0 unspecified atom stereocenters. The second-order valence-corrected chi connectivity index (χ2v) is 6.92. The summed E-state index contributed by atoms with van der Waals surface area (Å²) in [6.07, 6.45) is 10.7. The topological polar surface area (TPSA) is 0 Å². The first-order valence-corrected chi connectivity index (χ1v) is 7.86. The van der Waals surface area contributed by atoms with Crippen LogP contribution in [0.2, 0.25) is 0 Å². The Labute approximate surface area is 111 Å². The van der Waals surface area contributed by atoms with Gasteiger partial charge in [-0.3, -0.25) is 0 Å². The first kappa shape index (κ1) is 11.2. The third-order valence-corrected chi connectivity index (χ3v) is 5.41. The molecule has 2 aromatic rings. The molecule has 0 aromatic carbocycles. The summed E-state index contributed by atoms with van der Waals surface area (Å²) in [6.45, 7) is 0. The number of hydrogen-bond donors (Lipinski definition) is 0. The van der Waals surface area contributed by atoms with Crippen molar-refractivity contribution in [3.8, 4) is 0 Å². The standard InChI is InChI=1S/C15H16S2/c1-2-4-12-6-8-14(16-12)10-11-15-9-7-13(17-15)5-3-1/h2,4,6-9H,1,3,5,10-11H2/b4-2-. The van der Waals surface area contributed by atoms with E-state index in [0.29, 0.717) is 0 Å². The van der Waals surface area contributed by atoms with Gasteiger partial charge in [0.15, 0.2) is 0 Å². The van der Waals surface area contributed by atoms with Crippen molar-refractivity contribution in [3.63, 3.8) is 0 Å². The van der Waals surface area contributed by atoms with Crippen molar-refractivity contribution < 1.29 is 0 Å². The third-order valence-electron chi connectivity index (χ3n) is 3.09. The minimum Gasteiger partial charge on any atom is -0.145 e. The molecule has 3 heterocycles. The minimum atomic E-state index is 1.19. The van der Waals surface area contributed by atoms with Crippen LogP contribution in [0.4, 0.5) is 0 Å². The number of fused-ring (bicyclic) bond motifs is 4. The summed E-state index contributed by atoms with van der Waals surface area (Å²) in [5.74, 6) is 0. The molecule has 17 heavy (non-hydrogen) atoms. The van der Waals surface area contributed by atoms with Crippen LogP contribution in [0.15, 0.2) is 30.3 Å². The second-order valence-electron chi connectivity index (χ2n) is 4.47. The van der Waals surface area contributed by atoms with E-state index in [2.05, 4.69) is 36.4 Å². The SMILES string of the molecule is C1=C\c2ccc(s2)CCc2ccc(s2)CCC/1. The van der Waals surface area contributed by atoms with Gasteiger partial charge in [0.25, 0.3) is 0 Å². The minimum absolute atomic E-state index is 1.19. The van der Waals surface area contributed by atoms with Crippen molar-refractivity contribution in [2.45, 2.75) is 32.1 Å². The van der Waals surface area contributed by atoms with E-state index >= 15 is 0 Å². The van der Waals surface area contributed by atoms with Gasteiger partial charge in [0.05, 0.1) is 0 Å². The quantitative estimate of drug-likeness (QED) is 0.629. The van der Waals surface area contributed by atoms with Gasteiger partial charge >= 0.3 is 0 Å². The van der Waals surface area contributed by atoms with E-state index in [-0.39, 0.29) is 0 Å². The highest BCUT2D eigenvalue weighted by Gasteiger charge is 2.04. The lowest BCUT2D eigenvalue weighted by Crippen LogP contribution is -1.83. The zero-order chi connectivity index (χ0) is 11.5. The number of thiophene rings is 2. The van der Waals surface area contributed by atoms with E-state index < -0.39 is 0 Å². The summed E-state index contributed by atoms with van der Waals surface area (Å²) in [6, 6.07) is 9.16. The maximum Gasteiger partial charge on any atom is 0.0270 e. The summed E-state index contributed by atoms with van der Waals surface area (Å²) in [5.41, 5.74) is 0. The number of aryl methyl sites for hydroxylation is 3. The lowest BCUT2D eigenvalue weighted by Gasteiger charge is -1.95. The van der Waals surface area contributed by atoms with Gasteiger partial charge in [-0.15, -0.1) is 22.7 Å². The Morgan fingerprint density at radius 1 is 0.765 bits per heavy atom. The predicted molar refractivity (Wildman–Crippen MR) is 78.0 cm³/mol. The van der Waals surface area contributed by atoms with Gasteiger partial charge in [-0.1, -0.05) is 6.08 Å². The zero-order valence-electron chi connectivity index (χ0n) is 9.82. The average Bonchev–Trinajstić information content (AvgIpc) is 2.95. The van der Waals surface area contributed by atoms with E-state index in [0.717, 1.165) is 0 Å². The summed E-state index contributed by atoms with van der Waals surface area (Å²) >= 11 is 3.94. The third kappa shape index (κ3) is 2.88. The molecule has 88 valence electrons. The Bertz CT molecular complexity index is 517. The molecule has 0 amide bonds. The molecule has 0 radical (unpaired) electrons. The molecule has 0 saturated carbocycles. The van der Waals surface area contributed by atoms with Crippen molar-refractivity contribution in [2.24, 2.45) is 0 Å². The summed E-state index contributed by atoms with van der Waals surface area (Å²) in [5, 5.41) is 0. The fraction of sp³-hybridized carbons (Fsp3) is 0.333. The van der Waals surface area contributed by atoms with E-state index in [4.69, 9.17) is 0 Å². The van der Waals surface area contributed by atoms with Crippen LogP contribution < -0.4 is 0 Å². The number of hydrogen-bond acceptors (Lipinski definition) is 2. The molecule has 1 aliphatic rings. The van der Waals surface area contributed by atoms with Gasteiger partial charge < -0.3 is 0 Å². The Morgan fingerprint density at radius 2 is 1.47 bits per heavy atom. The van der Waals surface area contributed by atoms with Crippen LogP contribution in [0.3, 0.4) is 0 Å². The summed E-state index contributed by atoms with van der Waals surface area (Å²) in [4.78, 5) is 6.02. The van der Waals surface area contributed by atoms with Crippen LogP contribution in [0.1, 0.15) is 32.4 Å². The van der Waals surface area contributed by atoms with Crippen molar-refractivity contribution in [2.75, 3.05) is 0 Å². The van der Waals surface area contributed by atoms with Gasteiger partial charge in [-0.2, -0.15) is 0 Å². The highest BCUT2D eigenvalue weighted by molar-refractivity contribution is 7.13. The van der Waals surface area contributed by atoms with E-state index in [1.165, 1.54) is 41.9 Å². The lowest BCUT2D eigenvalue weighted by atomic mass is 10.2. The molecular weight excluding hydrogens is 244 g/mol. The molecule has 3 rings (SSSR count). The van der Waals surface area contributed by atoms with Crippen molar-refractivity contribution in [1.82, 2.24) is 0 Å². The Morgan fingerprint density at radius 3 is 2.35 bits per heavy atom. The van der Waals surface area contributed by atoms with E-state index in [1.54, 1.807) is 9.75 Å². The maximum atomic E-state index is 2.32. The van der Waals surface area contributed by atoms with Crippen LogP contribution in [0.25, 0.3) is 6.08 Å². The first-order chi connectivity index (χ1) is 8.40. The largest absolute Gasteiger partial charge is 0.145 e. The van der Waals surface area contributed by atoms with E-state index in [9.17, 15) is 0 Å². The first-order valence-electron chi connectivity index (χ1n) is 6.23. The monoisotopic (exact) mass is 260 g/mol. The second kappa shape index (κ2) is 5.19. The zero-order valence-corrected chi connectivity index (χ0v) is 11.4. The Balaban J connectivity index is 1.84. The fourth-order valence-corrected chi connectivity index (χ4v) is 4.15. The van der Waals surface area contributed by atoms with Gasteiger partial charge in [-0.05, 0) is 62.4 Å². The van der Waals surface area contributed by atoms with Gasteiger partial charge in [-0.25, -0.2) is 0 Å². The smallest absolute Gasteiger partial charge is 0.0270 e. The molecular formula is C15H16S2. The molecule has 0 aliphatic carbocycles. The molecule has 0 atom stereocenters. The average molecular weight is 260 g/mol. The molecule has 1 aliphatic heterocycles. The van der Waals surface area contributed by atoms with Gasteiger partial charge in [0, 0.05) is 19.5 Å². The maximum absolute atomic E-state index is 2.32. The highest BCUT2D eigenvalue weighted by Crippen LogP contribution is 2.24. The number of allylic oxidation sites excluding steroid dienone is 1. The molecule has 0 saturated heterocycles. The van der Waals surface area contributed by atoms with Crippen LogP contribution in [0, 0.1) is 0 Å². The number of rotatable bonds is 0. The molecule has 0 nitrogen and oxygen atoms in total. The van der Waals surface area contributed by atoms with Gasteiger partial charge in [0.1, 0.15) is 0 Å². The Kier molecular flexibility index (Phi) is 3.44. The molecule has 4 bridgehead atoms. The van der Waals surface area contributed by atoms with E-state index in [1.807, 2.05) is 22.7 Å². The van der Waals surface area contributed by atoms with Crippen molar-refractivity contribution >= 4 is 28.7 Å². The highest BCUT2D eigenvalue weighted by atomic mass is 32.1. The molecule has 0 N–H and O–H groups in total. The fourth-order valence-electron chi connectivity index (χ4n) is 2.15. The lowest BCUT2D eigenvalue weighted by molar-refractivity contribution is 0.857. The van der Waals surface area contributed by atoms with Gasteiger partial charge in [0.2, 0.25) is 0 Å².